The number of carbonyl (C=O) groups is 4. The first-order valence-corrected chi connectivity index (χ1v) is 17.9. The number of hydrogen-bond donors (Lipinski definition) is 1. The lowest BCUT2D eigenvalue weighted by atomic mass is 9.93. The second-order valence-electron chi connectivity index (χ2n) is 16.5. The van der Waals surface area contributed by atoms with Crippen molar-refractivity contribution in [2.45, 2.75) is 127 Å². The fraction of sp³-hybridized carbons (Fsp3) is 0.610. The molecule has 1 aliphatic rings. The number of nitrogens with one attached hydrogen (secondary N) is 1. The Bertz CT molecular complexity index is 1940. The molecule has 302 valence electrons. The standard InChI is InChI=1S/C41H57N3O11/c1-38(2,3)34(45)50-22-26-28(52-35(46)39(4,5)6)29(53-36(47)40(7,8)9)30(54-37(48)41(10,11)12)33(51-26)55-32-27-24(20-21-42-31(27)43-44-32)17-14-23-15-18-25(49-13)19-16-23/h15-16,18-21,26,28-30,33H,14,17,22H2,1-13H3,(H,42,43,44)/t26-,28-,29+,30-,33?/m1/s1/i1D,4D,7D,10D. The van der Waals surface area contributed by atoms with Gasteiger partial charge in [-0.25, -0.2) is 4.98 Å². The Morgan fingerprint density at radius 3 is 1.85 bits per heavy atom. The molecule has 0 spiro atoms. The summed E-state index contributed by atoms with van der Waals surface area (Å²) < 4.78 is 73.8. The van der Waals surface area contributed by atoms with Crippen LogP contribution in [0.5, 0.6) is 11.6 Å². The van der Waals surface area contributed by atoms with E-state index < -0.39 is 104 Å². The number of aromatic nitrogens is 3. The maximum absolute atomic E-state index is 13.8. The van der Waals surface area contributed by atoms with E-state index in [4.69, 9.17) is 38.6 Å². The summed E-state index contributed by atoms with van der Waals surface area (Å²) in [6.07, 6.45) is -5.46. The molecular formula is C41H57N3O11. The van der Waals surface area contributed by atoms with Gasteiger partial charge in [0.15, 0.2) is 17.9 Å². The lowest BCUT2D eigenvalue weighted by molar-refractivity contribution is -0.294. The molecule has 0 amide bonds. The fourth-order valence-electron chi connectivity index (χ4n) is 5.17. The topological polar surface area (TPSA) is 174 Å². The number of aryl methyl sites for hydroxylation is 2. The van der Waals surface area contributed by atoms with Crippen LogP contribution in [0.3, 0.4) is 0 Å². The molecule has 1 aromatic carbocycles. The molecular weight excluding hydrogens is 710 g/mol. The summed E-state index contributed by atoms with van der Waals surface area (Å²) in [5.41, 5.74) is -3.23. The van der Waals surface area contributed by atoms with E-state index in [9.17, 15) is 19.2 Å². The number of ether oxygens (including phenoxy) is 7. The van der Waals surface area contributed by atoms with Crippen molar-refractivity contribution in [2.24, 2.45) is 21.7 Å². The highest BCUT2D eigenvalue weighted by Crippen LogP contribution is 2.36. The monoisotopic (exact) mass is 771 g/mol. The highest BCUT2D eigenvalue weighted by atomic mass is 16.7. The summed E-state index contributed by atoms with van der Waals surface area (Å²) in [6.45, 7) is 9.80. The van der Waals surface area contributed by atoms with Gasteiger partial charge in [-0.05, 0) is 125 Å². The molecule has 0 bridgehead atoms. The van der Waals surface area contributed by atoms with Gasteiger partial charge in [0.2, 0.25) is 18.3 Å². The zero-order valence-corrected chi connectivity index (χ0v) is 33.2. The van der Waals surface area contributed by atoms with Crippen molar-refractivity contribution >= 4 is 34.9 Å². The predicted molar refractivity (Wildman–Crippen MR) is 202 cm³/mol. The number of fused-ring (bicyclic) bond motifs is 1. The van der Waals surface area contributed by atoms with Gasteiger partial charge in [0.25, 0.3) is 0 Å². The first-order valence-electron chi connectivity index (χ1n) is 20.7. The van der Waals surface area contributed by atoms with Gasteiger partial charge in [-0.1, -0.05) is 12.1 Å². The molecule has 1 fully saturated rings. The number of rotatable bonds is 11. The van der Waals surface area contributed by atoms with E-state index in [1.807, 2.05) is 24.3 Å². The normalized spacial score (nSPS) is 21.7. The van der Waals surface area contributed by atoms with Crippen LogP contribution in [-0.4, -0.2) is 83.5 Å². The molecule has 5 atom stereocenters. The largest absolute Gasteiger partial charge is 0.497 e. The average Bonchev–Trinajstić information content (AvgIpc) is 3.63. The van der Waals surface area contributed by atoms with E-state index in [2.05, 4.69) is 15.2 Å². The molecule has 1 N–H and O–H groups in total. The molecule has 14 nitrogen and oxygen atoms in total. The van der Waals surface area contributed by atoms with Crippen molar-refractivity contribution in [3.05, 3.63) is 47.7 Å². The van der Waals surface area contributed by atoms with Crippen molar-refractivity contribution in [2.75, 3.05) is 13.7 Å². The summed E-state index contributed by atoms with van der Waals surface area (Å²) >= 11 is 0. The molecule has 3 aromatic rings. The minimum atomic E-state index is -1.71. The first-order chi connectivity index (χ1) is 27.6. The molecule has 14 heteroatoms. The Kier molecular flexibility index (Phi) is 11.2. The average molecular weight is 772 g/mol. The van der Waals surface area contributed by atoms with Crippen LogP contribution in [0.25, 0.3) is 11.0 Å². The SMILES string of the molecule is [2H]CC(C)(C)C(=O)OC[C@H]1OC(Oc2n[nH]c3nccc(CCc4ccc(OC)cc4)c23)[C@H](OC(=O)C(C)(C)C[2H])[C@@H](OC(=O)C(C)(C)C[2H])[C@@H]1OC(=O)C(C)(C)C[2H]. The molecule has 1 saturated heterocycles. The van der Waals surface area contributed by atoms with Crippen molar-refractivity contribution in [3.8, 4) is 11.6 Å². The Hall–Kier alpha value is -4.72. The van der Waals surface area contributed by atoms with Crippen LogP contribution in [-0.2, 0) is 55.7 Å². The number of methoxy groups -OCH3 is 1. The summed E-state index contributed by atoms with van der Waals surface area (Å²) in [5.74, 6) is -2.80. The van der Waals surface area contributed by atoms with Gasteiger partial charge in [-0.3, -0.25) is 24.3 Å². The maximum Gasteiger partial charge on any atom is 0.311 e. The van der Waals surface area contributed by atoms with E-state index in [-0.39, 0.29) is 12.8 Å². The van der Waals surface area contributed by atoms with Crippen molar-refractivity contribution in [1.29, 1.82) is 0 Å². The van der Waals surface area contributed by atoms with Crippen LogP contribution >= 0.6 is 0 Å². The maximum atomic E-state index is 13.8. The third-order valence-electron chi connectivity index (χ3n) is 8.49. The van der Waals surface area contributed by atoms with Gasteiger partial charge in [0.1, 0.15) is 18.5 Å². The van der Waals surface area contributed by atoms with E-state index in [0.29, 0.717) is 23.9 Å². The van der Waals surface area contributed by atoms with Crippen LogP contribution in [0.15, 0.2) is 36.5 Å². The molecule has 1 unspecified atom stereocenters. The van der Waals surface area contributed by atoms with E-state index in [0.717, 1.165) is 16.9 Å². The number of pyridine rings is 1. The predicted octanol–water partition coefficient (Wildman–Crippen LogP) is 6.32. The van der Waals surface area contributed by atoms with E-state index >= 15 is 0 Å². The summed E-state index contributed by atoms with van der Waals surface area (Å²) in [6, 6.07) is 9.43. The summed E-state index contributed by atoms with van der Waals surface area (Å²) in [5, 5.41) is 7.70. The number of benzene rings is 1. The van der Waals surface area contributed by atoms with Crippen molar-refractivity contribution in [1.82, 2.24) is 15.2 Å². The summed E-state index contributed by atoms with van der Waals surface area (Å²) in [4.78, 5) is 59.0. The Morgan fingerprint density at radius 2 is 1.29 bits per heavy atom. The Balaban J connectivity index is 1.87. The van der Waals surface area contributed by atoms with Gasteiger partial charge < -0.3 is 33.2 Å². The fourth-order valence-corrected chi connectivity index (χ4v) is 5.17. The molecule has 2 aromatic heterocycles. The van der Waals surface area contributed by atoms with Crippen LogP contribution in [0.1, 0.15) is 99.6 Å². The van der Waals surface area contributed by atoms with Gasteiger partial charge in [0.05, 0.1) is 34.2 Å². The molecule has 0 saturated carbocycles. The van der Waals surface area contributed by atoms with Gasteiger partial charge >= 0.3 is 23.9 Å². The number of nitrogens with zero attached hydrogens (tertiary/aromatic N) is 2. The van der Waals surface area contributed by atoms with Crippen molar-refractivity contribution in [3.63, 3.8) is 0 Å². The third-order valence-corrected chi connectivity index (χ3v) is 8.49. The number of H-pyrrole nitrogens is 1. The molecule has 1 aliphatic heterocycles. The van der Waals surface area contributed by atoms with Crippen LogP contribution in [0.2, 0.25) is 0 Å². The number of hydrogen-bond acceptors (Lipinski definition) is 13. The van der Waals surface area contributed by atoms with Gasteiger partial charge in [0, 0.05) is 11.7 Å². The summed E-state index contributed by atoms with van der Waals surface area (Å²) in [7, 11) is 1.59. The minimum absolute atomic E-state index is 0.0305. The van der Waals surface area contributed by atoms with Gasteiger partial charge in [-0.2, -0.15) is 0 Å². The van der Waals surface area contributed by atoms with E-state index in [1.54, 1.807) is 19.4 Å². The molecule has 0 aliphatic carbocycles. The van der Waals surface area contributed by atoms with E-state index in [1.165, 1.54) is 55.4 Å². The third kappa shape index (κ3) is 11.0. The molecule has 3 heterocycles. The second kappa shape index (κ2) is 16.6. The number of carbonyl (C=O) groups excluding carboxylic acids is 4. The number of esters is 4. The zero-order chi connectivity index (χ0) is 43.9. The Morgan fingerprint density at radius 1 is 0.745 bits per heavy atom. The molecule has 4 rings (SSSR count). The highest BCUT2D eigenvalue weighted by Gasteiger charge is 2.56. The van der Waals surface area contributed by atoms with Gasteiger partial charge in [-0.15, -0.1) is 5.10 Å². The van der Waals surface area contributed by atoms with Crippen LogP contribution in [0.4, 0.5) is 0 Å². The first kappa shape index (κ1) is 37.2. The molecule has 55 heavy (non-hydrogen) atoms. The van der Waals surface area contributed by atoms with Crippen LogP contribution in [0, 0.1) is 21.7 Å². The Labute approximate surface area is 328 Å². The number of aromatic amines is 1. The van der Waals surface area contributed by atoms with Crippen LogP contribution < -0.4 is 9.47 Å². The quantitative estimate of drug-likeness (QED) is 0.170. The van der Waals surface area contributed by atoms with Crippen molar-refractivity contribution < 1.29 is 57.8 Å². The zero-order valence-electron chi connectivity index (χ0n) is 37.2. The second-order valence-corrected chi connectivity index (χ2v) is 16.5. The minimum Gasteiger partial charge on any atom is -0.497 e. The lowest BCUT2D eigenvalue weighted by Gasteiger charge is -2.45. The highest BCUT2D eigenvalue weighted by molar-refractivity contribution is 5.84. The lowest BCUT2D eigenvalue weighted by Crippen LogP contribution is -2.65. The smallest absolute Gasteiger partial charge is 0.311 e. The molecule has 0 radical (unpaired) electrons.